The number of ether oxygens (including phenoxy) is 4. The first-order valence-corrected chi connectivity index (χ1v) is 17.0. The zero-order valence-electron chi connectivity index (χ0n) is 27.6. The summed E-state index contributed by atoms with van der Waals surface area (Å²) in [4.78, 5) is 49.6. The van der Waals surface area contributed by atoms with Crippen LogP contribution >= 0.6 is 0 Å². The molecule has 3 atom stereocenters. The second-order valence-electron chi connectivity index (χ2n) is 11.4. The molecule has 42 heavy (non-hydrogen) atoms. The van der Waals surface area contributed by atoms with Gasteiger partial charge in [0, 0.05) is 32.1 Å². The predicted octanol–water partition coefficient (Wildman–Crippen LogP) is 8.56. The molecule has 0 saturated carbocycles. The van der Waals surface area contributed by atoms with Crippen LogP contribution in [0.2, 0.25) is 0 Å². The first-order chi connectivity index (χ1) is 20.3. The van der Waals surface area contributed by atoms with E-state index in [1.54, 1.807) is 0 Å². The summed E-state index contributed by atoms with van der Waals surface area (Å²) in [6.45, 7) is 8.25. The molecule has 0 aromatic rings. The first kappa shape index (κ1) is 39.9. The molecule has 0 N–H and O–H groups in total. The maximum absolute atomic E-state index is 12.8. The normalized spacial score (nSPS) is 13.2. The van der Waals surface area contributed by atoms with Crippen LogP contribution in [0.5, 0.6) is 0 Å². The van der Waals surface area contributed by atoms with Gasteiger partial charge in [-0.3, -0.25) is 19.2 Å². The van der Waals surface area contributed by atoms with Gasteiger partial charge >= 0.3 is 23.9 Å². The van der Waals surface area contributed by atoms with E-state index in [9.17, 15) is 19.2 Å². The zero-order chi connectivity index (χ0) is 31.4. The molecule has 0 aromatic heterocycles. The molecule has 0 heterocycles. The van der Waals surface area contributed by atoms with Crippen molar-refractivity contribution in [2.24, 2.45) is 0 Å². The van der Waals surface area contributed by atoms with Crippen molar-refractivity contribution in [2.45, 2.75) is 187 Å². The van der Waals surface area contributed by atoms with Crippen LogP contribution in [-0.2, 0) is 38.1 Å². The summed E-state index contributed by atoms with van der Waals surface area (Å²) in [7, 11) is 1.40. The van der Waals surface area contributed by atoms with Gasteiger partial charge in [0.2, 0.25) is 0 Å². The summed E-state index contributed by atoms with van der Waals surface area (Å²) in [5, 5.41) is 0. The average molecular weight is 599 g/mol. The fourth-order valence-electron chi connectivity index (χ4n) is 4.79. The smallest absolute Gasteiger partial charge is 0.306 e. The van der Waals surface area contributed by atoms with E-state index in [2.05, 4.69) is 6.92 Å². The van der Waals surface area contributed by atoms with E-state index >= 15 is 0 Å². The molecular weight excluding hydrogens is 536 g/mol. The van der Waals surface area contributed by atoms with Gasteiger partial charge in [0.1, 0.15) is 18.3 Å². The lowest BCUT2D eigenvalue weighted by molar-refractivity contribution is -0.174. The van der Waals surface area contributed by atoms with E-state index < -0.39 is 18.3 Å². The molecule has 246 valence electrons. The quantitative estimate of drug-likeness (QED) is 0.0501. The molecule has 0 aliphatic heterocycles. The van der Waals surface area contributed by atoms with E-state index in [1.165, 1.54) is 7.11 Å². The van der Waals surface area contributed by atoms with Crippen molar-refractivity contribution >= 4 is 23.9 Å². The van der Waals surface area contributed by atoms with Gasteiger partial charge in [-0.1, -0.05) is 85.5 Å². The molecule has 0 aliphatic rings. The van der Waals surface area contributed by atoms with Gasteiger partial charge in [0.25, 0.3) is 0 Å². The van der Waals surface area contributed by atoms with Crippen molar-refractivity contribution in [2.75, 3.05) is 7.11 Å². The Morgan fingerprint density at radius 2 is 0.881 bits per heavy atom. The van der Waals surface area contributed by atoms with Crippen LogP contribution in [0.3, 0.4) is 0 Å². The minimum Gasteiger partial charge on any atom is -0.469 e. The lowest BCUT2D eigenvalue weighted by Gasteiger charge is -2.30. The molecule has 0 rings (SSSR count). The van der Waals surface area contributed by atoms with Crippen LogP contribution in [0.25, 0.3) is 0 Å². The summed E-state index contributed by atoms with van der Waals surface area (Å²) in [5.74, 6) is -1.01. The van der Waals surface area contributed by atoms with Crippen molar-refractivity contribution in [1.82, 2.24) is 0 Å². The highest BCUT2D eigenvalue weighted by molar-refractivity contribution is 5.71. The number of hydrogen-bond acceptors (Lipinski definition) is 8. The molecule has 0 fully saturated rings. The monoisotopic (exact) mass is 598 g/mol. The number of methoxy groups -OCH3 is 1. The second-order valence-corrected chi connectivity index (χ2v) is 11.4. The van der Waals surface area contributed by atoms with Crippen LogP contribution < -0.4 is 0 Å². The molecule has 0 spiro atoms. The largest absolute Gasteiger partial charge is 0.469 e. The van der Waals surface area contributed by atoms with Gasteiger partial charge < -0.3 is 18.9 Å². The molecule has 0 bridgehead atoms. The SMILES string of the molecule is CCCCCCC(CC(OC(=O)CCCC)C(CCCCCCCC(=O)OC)OC(=O)CCCC)OC(=O)CCCC. The Morgan fingerprint density at radius 1 is 0.452 bits per heavy atom. The minimum atomic E-state index is -0.672. The molecule has 0 aliphatic carbocycles. The van der Waals surface area contributed by atoms with Gasteiger partial charge in [-0.15, -0.1) is 0 Å². The van der Waals surface area contributed by atoms with E-state index in [-0.39, 0.29) is 23.9 Å². The van der Waals surface area contributed by atoms with Crippen LogP contribution in [0.4, 0.5) is 0 Å². The topological polar surface area (TPSA) is 105 Å². The Bertz CT molecular complexity index is 708. The molecule has 0 aromatic carbocycles. The van der Waals surface area contributed by atoms with Gasteiger partial charge in [-0.2, -0.15) is 0 Å². The lowest BCUT2D eigenvalue weighted by Crippen LogP contribution is -2.39. The predicted molar refractivity (Wildman–Crippen MR) is 166 cm³/mol. The second kappa shape index (κ2) is 27.7. The Morgan fingerprint density at radius 3 is 1.43 bits per heavy atom. The fraction of sp³-hybridized carbons (Fsp3) is 0.882. The van der Waals surface area contributed by atoms with E-state index in [0.717, 1.165) is 96.3 Å². The van der Waals surface area contributed by atoms with E-state index in [0.29, 0.717) is 44.9 Å². The molecule has 0 amide bonds. The number of carbonyl (C=O) groups excluding carboxylic acids is 4. The van der Waals surface area contributed by atoms with Crippen LogP contribution in [0.15, 0.2) is 0 Å². The third-order valence-corrected chi connectivity index (χ3v) is 7.45. The van der Waals surface area contributed by atoms with Crippen molar-refractivity contribution in [3.63, 3.8) is 0 Å². The molecule has 8 heteroatoms. The van der Waals surface area contributed by atoms with Crippen molar-refractivity contribution < 1.29 is 38.1 Å². The molecule has 0 radical (unpaired) electrons. The van der Waals surface area contributed by atoms with E-state index in [4.69, 9.17) is 18.9 Å². The summed E-state index contributed by atoms with van der Waals surface area (Å²) in [5.41, 5.74) is 0. The summed E-state index contributed by atoms with van der Waals surface area (Å²) in [6, 6.07) is 0. The minimum absolute atomic E-state index is 0.193. The van der Waals surface area contributed by atoms with Crippen LogP contribution in [0, 0.1) is 0 Å². The molecule has 0 saturated heterocycles. The zero-order valence-corrected chi connectivity index (χ0v) is 27.6. The molecule has 8 nitrogen and oxygen atoms in total. The number of unbranched alkanes of at least 4 members (excludes halogenated alkanes) is 10. The molecular formula is C34H62O8. The van der Waals surface area contributed by atoms with Gasteiger partial charge in [0.05, 0.1) is 7.11 Å². The lowest BCUT2D eigenvalue weighted by atomic mass is 9.97. The summed E-state index contributed by atoms with van der Waals surface area (Å²) < 4.78 is 22.6. The number of esters is 4. The maximum Gasteiger partial charge on any atom is 0.306 e. The Labute approximate surface area is 256 Å². The summed E-state index contributed by atoms with van der Waals surface area (Å²) >= 11 is 0. The summed E-state index contributed by atoms with van der Waals surface area (Å²) in [6.07, 6.45) is 14.8. The highest BCUT2D eigenvalue weighted by Crippen LogP contribution is 2.24. The third-order valence-electron chi connectivity index (χ3n) is 7.45. The number of hydrogen-bond donors (Lipinski definition) is 0. The van der Waals surface area contributed by atoms with Crippen molar-refractivity contribution in [3.8, 4) is 0 Å². The number of carbonyl (C=O) groups is 4. The van der Waals surface area contributed by atoms with Gasteiger partial charge in [0.15, 0.2) is 0 Å². The fourth-order valence-corrected chi connectivity index (χ4v) is 4.79. The van der Waals surface area contributed by atoms with Gasteiger partial charge in [-0.05, 0) is 51.4 Å². The van der Waals surface area contributed by atoms with Crippen molar-refractivity contribution in [3.05, 3.63) is 0 Å². The van der Waals surface area contributed by atoms with Gasteiger partial charge in [-0.25, -0.2) is 0 Å². The average Bonchev–Trinajstić information content (AvgIpc) is 2.98. The Balaban J connectivity index is 5.68. The standard InChI is InChI=1S/C34H62O8/c1-6-10-14-18-21-28(40-32(36)23-11-7-2)27-30(42-34(38)25-13-9-4)29(41-33(37)24-12-8-3)22-19-16-15-17-20-26-31(35)39-5/h28-30H,6-27H2,1-5H3. The van der Waals surface area contributed by atoms with Crippen LogP contribution in [-0.4, -0.2) is 49.3 Å². The highest BCUT2D eigenvalue weighted by atomic mass is 16.6. The van der Waals surface area contributed by atoms with E-state index in [1.807, 2.05) is 20.8 Å². The Kier molecular flexibility index (Phi) is 26.3. The first-order valence-electron chi connectivity index (χ1n) is 17.0. The third kappa shape index (κ3) is 22.5. The number of rotatable bonds is 28. The maximum atomic E-state index is 12.8. The Hall–Kier alpha value is -2.12. The van der Waals surface area contributed by atoms with Crippen molar-refractivity contribution in [1.29, 1.82) is 0 Å². The highest BCUT2D eigenvalue weighted by Gasteiger charge is 2.32. The molecule has 3 unspecified atom stereocenters. The van der Waals surface area contributed by atoms with Crippen LogP contribution in [0.1, 0.15) is 169 Å².